The quantitative estimate of drug-likeness (QED) is 0.819. The third kappa shape index (κ3) is 3.03. The molecule has 0 aliphatic rings. The van der Waals surface area contributed by atoms with Crippen molar-refractivity contribution in [2.24, 2.45) is 0 Å². The van der Waals surface area contributed by atoms with Crippen molar-refractivity contribution in [3.05, 3.63) is 53.1 Å². The first-order chi connectivity index (χ1) is 8.15. The molecule has 17 heavy (non-hydrogen) atoms. The Labute approximate surface area is 102 Å². The van der Waals surface area contributed by atoms with E-state index in [4.69, 9.17) is 5.73 Å². The maximum absolute atomic E-state index is 5.88. The number of nitrogens with zero attached hydrogens (tertiary/aromatic N) is 2. The molecule has 0 aliphatic carbocycles. The van der Waals surface area contributed by atoms with Gasteiger partial charge in [-0.2, -0.15) is 0 Å². The Balaban J connectivity index is 2.05. The molecule has 0 fully saturated rings. The number of nitrogen functional groups attached to an aromatic ring is 1. The van der Waals surface area contributed by atoms with E-state index in [0.29, 0.717) is 0 Å². The first-order valence-electron chi connectivity index (χ1n) is 5.78. The van der Waals surface area contributed by atoms with Crippen LogP contribution in [0.2, 0.25) is 0 Å². The molecule has 0 spiro atoms. The van der Waals surface area contributed by atoms with Crippen LogP contribution in [0.25, 0.3) is 0 Å². The summed E-state index contributed by atoms with van der Waals surface area (Å²) in [5.74, 6) is 0.893. The molecule has 0 unspecified atom stereocenters. The minimum absolute atomic E-state index is 0.851. The number of nitrogens with two attached hydrogens (primary N) is 1. The molecular formula is C14H17N3. The van der Waals surface area contributed by atoms with Crippen LogP contribution in [0.4, 0.5) is 5.69 Å². The molecule has 0 bridgehead atoms. The van der Waals surface area contributed by atoms with Crippen molar-refractivity contribution in [3.8, 4) is 0 Å². The van der Waals surface area contributed by atoms with Crippen LogP contribution in [-0.2, 0) is 12.8 Å². The molecule has 3 nitrogen and oxygen atoms in total. The van der Waals surface area contributed by atoms with Gasteiger partial charge in [0.2, 0.25) is 0 Å². The zero-order chi connectivity index (χ0) is 12.3. The summed E-state index contributed by atoms with van der Waals surface area (Å²) in [4.78, 5) is 8.64. The van der Waals surface area contributed by atoms with Crippen molar-refractivity contribution in [2.45, 2.75) is 26.7 Å². The van der Waals surface area contributed by atoms with Crippen LogP contribution < -0.4 is 5.73 Å². The maximum atomic E-state index is 5.88. The number of hydrogen-bond donors (Lipinski definition) is 1. The fourth-order valence-electron chi connectivity index (χ4n) is 1.72. The Morgan fingerprint density at radius 1 is 1.12 bits per heavy atom. The molecule has 0 radical (unpaired) electrons. The second-order valence-corrected chi connectivity index (χ2v) is 4.31. The third-order valence-electron chi connectivity index (χ3n) is 2.83. The second kappa shape index (κ2) is 4.95. The molecule has 2 rings (SSSR count). The van der Waals surface area contributed by atoms with E-state index in [9.17, 15) is 0 Å². The summed E-state index contributed by atoms with van der Waals surface area (Å²) < 4.78 is 0. The van der Waals surface area contributed by atoms with Crippen molar-refractivity contribution >= 4 is 5.69 Å². The van der Waals surface area contributed by atoms with E-state index in [1.165, 1.54) is 5.56 Å². The van der Waals surface area contributed by atoms with E-state index in [-0.39, 0.29) is 0 Å². The predicted molar refractivity (Wildman–Crippen MR) is 69.8 cm³/mol. The number of aromatic nitrogens is 2. The molecule has 3 heteroatoms. The van der Waals surface area contributed by atoms with Crippen molar-refractivity contribution in [1.82, 2.24) is 9.97 Å². The first-order valence-corrected chi connectivity index (χ1v) is 5.78. The number of hydrogen-bond acceptors (Lipinski definition) is 3. The van der Waals surface area contributed by atoms with Crippen LogP contribution in [0.5, 0.6) is 0 Å². The normalized spacial score (nSPS) is 10.5. The molecule has 88 valence electrons. The minimum atomic E-state index is 0.851. The second-order valence-electron chi connectivity index (χ2n) is 4.31. The largest absolute Gasteiger partial charge is 0.399 e. The highest BCUT2D eigenvalue weighted by molar-refractivity contribution is 5.48. The van der Waals surface area contributed by atoms with Gasteiger partial charge in [0.1, 0.15) is 5.82 Å². The van der Waals surface area contributed by atoms with Crippen LogP contribution in [0.15, 0.2) is 30.5 Å². The first kappa shape index (κ1) is 11.6. The minimum Gasteiger partial charge on any atom is -0.399 e. The van der Waals surface area contributed by atoms with Crippen LogP contribution in [0.1, 0.15) is 22.6 Å². The molecule has 2 aromatic rings. The average molecular weight is 227 g/mol. The number of anilines is 1. The highest BCUT2D eigenvalue weighted by Crippen LogP contribution is 2.14. The SMILES string of the molecule is Cc1ccnc(CCc2ccc(C)c(N)c2)n1. The molecule has 0 amide bonds. The lowest BCUT2D eigenvalue weighted by Crippen LogP contribution is -2.00. The van der Waals surface area contributed by atoms with Crippen molar-refractivity contribution < 1.29 is 0 Å². The van der Waals surface area contributed by atoms with Gasteiger partial charge in [-0.1, -0.05) is 12.1 Å². The van der Waals surface area contributed by atoms with Gasteiger partial charge < -0.3 is 5.73 Å². The van der Waals surface area contributed by atoms with Gasteiger partial charge >= 0.3 is 0 Å². The van der Waals surface area contributed by atoms with Crippen LogP contribution in [0, 0.1) is 13.8 Å². The van der Waals surface area contributed by atoms with Crippen molar-refractivity contribution in [2.75, 3.05) is 5.73 Å². The summed E-state index contributed by atoms with van der Waals surface area (Å²) in [5.41, 5.74) is 10.1. The maximum Gasteiger partial charge on any atom is 0.128 e. The Kier molecular flexibility index (Phi) is 3.38. The highest BCUT2D eigenvalue weighted by Gasteiger charge is 2.00. The summed E-state index contributed by atoms with van der Waals surface area (Å²) in [7, 11) is 0. The molecule has 2 N–H and O–H groups in total. The van der Waals surface area contributed by atoms with E-state index in [2.05, 4.69) is 22.1 Å². The van der Waals surface area contributed by atoms with Gasteiger partial charge in [-0.3, -0.25) is 0 Å². The number of rotatable bonds is 3. The Morgan fingerprint density at radius 3 is 2.65 bits per heavy atom. The lowest BCUT2D eigenvalue weighted by molar-refractivity contribution is 0.846. The Morgan fingerprint density at radius 2 is 1.94 bits per heavy atom. The molecule has 1 aromatic carbocycles. The summed E-state index contributed by atoms with van der Waals surface area (Å²) in [6, 6.07) is 8.11. The van der Waals surface area contributed by atoms with Crippen molar-refractivity contribution in [1.29, 1.82) is 0 Å². The van der Waals surface area contributed by atoms with Gasteiger partial charge in [-0.05, 0) is 43.5 Å². The van der Waals surface area contributed by atoms with E-state index in [0.717, 1.165) is 35.6 Å². The van der Waals surface area contributed by atoms with E-state index in [1.807, 2.05) is 26.0 Å². The topological polar surface area (TPSA) is 51.8 Å². The van der Waals surface area contributed by atoms with Crippen LogP contribution >= 0.6 is 0 Å². The zero-order valence-corrected chi connectivity index (χ0v) is 10.3. The van der Waals surface area contributed by atoms with Gasteiger partial charge in [0.05, 0.1) is 0 Å². The lowest BCUT2D eigenvalue weighted by atomic mass is 10.1. The molecule has 0 saturated carbocycles. The molecule has 0 atom stereocenters. The Bertz CT molecular complexity index is 521. The Hall–Kier alpha value is -1.90. The summed E-state index contributed by atoms with van der Waals surface area (Å²) >= 11 is 0. The van der Waals surface area contributed by atoms with Crippen LogP contribution in [-0.4, -0.2) is 9.97 Å². The number of benzene rings is 1. The predicted octanol–water partition coefficient (Wildman–Crippen LogP) is 2.46. The standard InChI is InChI=1S/C14H17N3/c1-10-3-4-12(9-13(10)15)5-6-14-16-8-7-11(2)17-14/h3-4,7-9H,5-6,15H2,1-2H3. The molecule has 0 saturated heterocycles. The summed E-state index contributed by atoms with van der Waals surface area (Å²) in [5, 5.41) is 0. The fourth-order valence-corrected chi connectivity index (χ4v) is 1.72. The summed E-state index contributed by atoms with van der Waals surface area (Å²) in [6.45, 7) is 4.00. The van der Waals surface area contributed by atoms with Gasteiger partial charge in [0, 0.05) is 24.0 Å². The highest BCUT2D eigenvalue weighted by atomic mass is 14.9. The van der Waals surface area contributed by atoms with Crippen molar-refractivity contribution in [3.63, 3.8) is 0 Å². The van der Waals surface area contributed by atoms with E-state index < -0.39 is 0 Å². The van der Waals surface area contributed by atoms with Crippen LogP contribution in [0.3, 0.4) is 0 Å². The monoisotopic (exact) mass is 227 g/mol. The van der Waals surface area contributed by atoms with Gasteiger partial charge in [0.25, 0.3) is 0 Å². The third-order valence-corrected chi connectivity index (χ3v) is 2.83. The smallest absolute Gasteiger partial charge is 0.128 e. The molecule has 0 aliphatic heterocycles. The molecule has 1 aromatic heterocycles. The van der Waals surface area contributed by atoms with E-state index >= 15 is 0 Å². The molecule has 1 heterocycles. The fraction of sp³-hybridized carbons (Fsp3) is 0.286. The van der Waals surface area contributed by atoms with E-state index in [1.54, 1.807) is 6.20 Å². The summed E-state index contributed by atoms with van der Waals surface area (Å²) in [6.07, 6.45) is 3.58. The van der Waals surface area contributed by atoms with Gasteiger partial charge in [0.15, 0.2) is 0 Å². The average Bonchev–Trinajstić information content (AvgIpc) is 2.31. The number of aryl methyl sites for hydroxylation is 4. The molecular weight excluding hydrogens is 210 g/mol. The van der Waals surface area contributed by atoms with Gasteiger partial charge in [-0.15, -0.1) is 0 Å². The lowest BCUT2D eigenvalue weighted by Gasteiger charge is -2.05. The zero-order valence-electron chi connectivity index (χ0n) is 10.3. The van der Waals surface area contributed by atoms with Gasteiger partial charge in [-0.25, -0.2) is 9.97 Å².